The first kappa shape index (κ1) is 14.2. The number of nitrogens with one attached hydrogen (secondary N) is 2. The van der Waals surface area contributed by atoms with Gasteiger partial charge in [-0.3, -0.25) is 10.1 Å². The van der Waals surface area contributed by atoms with E-state index in [-0.39, 0.29) is 0 Å². The van der Waals surface area contributed by atoms with Gasteiger partial charge in [0.15, 0.2) is 5.11 Å². The maximum absolute atomic E-state index is 5.19. The van der Waals surface area contributed by atoms with E-state index in [0.717, 1.165) is 16.8 Å². The minimum Gasteiger partial charge on any atom is -0.331 e. The summed E-state index contributed by atoms with van der Waals surface area (Å²) in [6.45, 7) is 4.10. The Morgan fingerprint density at radius 1 is 1.40 bits per heavy atom. The van der Waals surface area contributed by atoms with E-state index in [0.29, 0.717) is 5.11 Å². The quantitative estimate of drug-likeness (QED) is 0.517. The average molecular weight is 287 g/mol. The van der Waals surface area contributed by atoms with E-state index in [4.69, 9.17) is 12.2 Å². The Hall–Kier alpha value is -2.21. The molecular weight excluding hydrogens is 270 g/mol. The minimum atomic E-state index is 0.456. The molecule has 0 saturated carbocycles. The summed E-state index contributed by atoms with van der Waals surface area (Å²) in [5.41, 5.74) is 7.04. The zero-order valence-electron chi connectivity index (χ0n) is 11.7. The van der Waals surface area contributed by atoms with Gasteiger partial charge in [0.25, 0.3) is 0 Å². The molecule has 5 nitrogen and oxygen atoms in total. The van der Waals surface area contributed by atoms with Crippen molar-refractivity contribution in [1.82, 2.24) is 15.2 Å². The molecule has 0 bridgehead atoms. The first-order valence-electron chi connectivity index (χ1n) is 6.20. The van der Waals surface area contributed by atoms with E-state index in [1.54, 1.807) is 17.1 Å². The smallest absolute Gasteiger partial charge is 0.191 e. The molecule has 0 atom stereocenters. The number of thiocarbonyl (C=S) groups is 1. The average Bonchev–Trinajstić information content (AvgIpc) is 2.79. The second kappa shape index (κ2) is 6.29. The molecule has 0 radical (unpaired) electrons. The second-order valence-corrected chi connectivity index (χ2v) is 5.00. The van der Waals surface area contributed by atoms with Crippen molar-refractivity contribution in [2.75, 3.05) is 5.32 Å². The molecule has 1 aromatic carbocycles. The molecule has 0 unspecified atom stereocenters. The lowest BCUT2D eigenvalue weighted by Gasteiger charge is -2.10. The zero-order valence-corrected chi connectivity index (χ0v) is 12.5. The van der Waals surface area contributed by atoms with Crippen molar-refractivity contribution in [3.8, 4) is 0 Å². The van der Waals surface area contributed by atoms with E-state index >= 15 is 0 Å². The zero-order chi connectivity index (χ0) is 14.5. The van der Waals surface area contributed by atoms with Crippen LogP contribution in [0, 0.1) is 13.8 Å². The highest BCUT2D eigenvalue weighted by molar-refractivity contribution is 7.80. The van der Waals surface area contributed by atoms with Crippen LogP contribution in [0.25, 0.3) is 0 Å². The van der Waals surface area contributed by atoms with E-state index in [1.807, 2.05) is 32.3 Å². The van der Waals surface area contributed by atoms with E-state index in [2.05, 4.69) is 33.9 Å². The van der Waals surface area contributed by atoms with Crippen LogP contribution in [0.4, 0.5) is 5.69 Å². The Kier molecular flexibility index (Phi) is 4.47. The van der Waals surface area contributed by atoms with E-state index in [9.17, 15) is 0 Å². The Balaban J connectivity index is 1.91. The molecule has 2 rings (SSSR count). The lowest BCUT2D eigenvalue weighted by atomic mass is 10.1. The van der Waals surface area contributed by atoms with Crippen LogP contribution >= 0.6 is 12.2 Å². The number of anilines is 1. The summed E-state index contributed by atoms with van der Waals surface area (Å²) in [5, 5.41) is 11.7. The fourth-order valence-electron chi connectivity index (χ4n) is 1.78. The van der Waals surface area contributed by atoms with Crippen LogP contribution in [0.1, 0.15) is 16.7 Å². The van der Waals surface area contributed by atoms with Gasteiger partial charge < -0.3 is 5.32 Å². The SMILES string of the molecule is Cc1ccc(NC(=S)N/N=C/c2cnn(C)c2)c(C)c1. The normalized spacial score (nSPS) is 10.8. The number of rotatable bonds is 3. The first-order valence-corrected chi connectivity index (χ1v) is 6.61. The van der Waals surface area contributed by atoms with Crippen molar-refractivity contribution in [3.05, 3.63) is 47.3 Å². The third kappa shape index (κ3) is 3.89. The third-order valence-electron chi connectivity index (χ3n) is 2.73. The summed E-state index contributed by atoms with van der Waals surface area (Å²) in [5.74, 6) is 0. The van der Waals surface area contributed by atoms with Gasteiger partial charge in [-0.15, -0.1) is 0 Å². The molecule has 1 aromatic heterocycles. The van der Waals surface area contributed by atoms with Gasteiger partial charge in [0.05, 0.1) is 12.4 Å². The predicted molar refractivity (Wildman–Crippen MR) is 86.1 cm³/mol. The van der Waals surface area contributed by atoms with Crippen LogP contribution in [0.3, 0.4) is 0 Å². The maximum Gasteiger partial charge on any atom is 0.191 e. The lowest BCUT2D eigenvalue weighted by molar-refractivity contribution is 0.767. The van der Waals surface area contributed by atoms with Crippen molar-refractivity contribution in [2.24, 2.45) is 12.1 Å². The van der Waals surface area contributed by atoms with Gasteiger partial charge in [-0.1, -0.05) is 17.7 Å². The molecule has 0 aliphatic heterocycles. The summed E-state index contributed by atoms with van der Waals surface area (Å²) in [4.78, 5) is 0. The van der Waals surface area contributed by atoms with Crippen LogP contribution in [0.2, 0.25) is 0 Å². The first-order chi connectivity index (χ1) is 9.54. The number of aromatic nitrogens is 2. The third-order valence-corrected chi connectivity index (χ3v) is 2.93. The summed E-state index contributed by atoms with van der Waals surface area (Å²) >= 11 is 5.19. The van der Waals surface area contributed by atoms with Crippen LogP contribution in [-0.2, 0) is 7.05 Å². The van der Waals surface area contributed by atoms with Gasteiger partial charge in [0.2, 0.25) is 0 Å². The topological polar surface area (TPSA) is 54.2 Å². The predicted octanol–water partition coefficient (Wildman–Crippen LogP) is 2.36. The van der Waals surface area contributed by atoms with Gasteiger partial charge in [0, 0.05) is 24.5 Å². The van der Waals surface area contributed by atoms with Crippen LogP contribution < -0.4 is 10.7 Å². The van der Waals surface area contributed by atoms with Crippen molar-refractivity contribution in [2.45, 2.75) is 13.8 Å². The molecule has 2 aromatic rings. The number of hydrogen-bond donors (Lipinski definition) is 2. The van der Waals surface area contributed by atoms with Gasteiger partial charge in [-0.05, 0) is 37.7 Å². The standard InChI is InChI=1S/C14H17N5S/c1-10-4-5-13(11(2)6-10)17-14(20)18-15-7-12-8-16-19(3)9-12/h4-9H,1-3H3,(H2,17,18,20)/b15-7+. The second-order valence-electron chi connectivity index (χ2n) is 4.59. The molecule has 0 aliphatic rings. The minimum absolute atomic E-state index is 0.456. The fraction of sp³-hybridized carbons (Fsp3) is 0.214. The molecule has 104 valence electrons. The molecule has 0 fully saturated rings. The van der Waals surface area contributed by atoms with Crippen LogP contribution in [0.5, 0.6) is 0 Å². The molecule has 1 heterocycles. The Morgan fingerprint density at radius 2 is 2.20 bits per heavy atom. The number of hydrogen-bond acceptors (Lipinski definition) is 3. The van der Waals surface area contributed by atoms with Crippen LogP contribution in [0.15, 0.2) is 35.7 Å². The maximum atomic E-state index is 5.19. The van der Waals surface area contributed by atoms with Crippen LogP contribution in [-0.4, -0.2) is 21.1 Å². The Bertz CT molecular complexity index is 645. The summed E-state index contributed by atoms with van der Waals surface area (Å²) in [6, 6.07) is 6.14. The van der Waals surface area contributed by atoms with Gasteiger partial charge >= 0.3 is 0 Å². The van der Waals surface area contributed by atoms with Gasteiger partial charge in [-0.25, -0.2) is 0 Å². The molecule has 0 saturated heterocycles. The molecular formula is C14H17N5S. The highest BCUT2D eigenvalue weighted by atomic mass is 32.1. The van der Waals surface area contributed by atoms with Crippen molar-refractivity contribution in [3.63, 3.8) is 0 Å². The number of nitrogens with zero attached hydrogens (tertiary/aromatic N) is 3. The lowest BCUT2D eigenvalue weighted by Crippen LogP contribution is -2.24. The fourth-order valence-corrected chi connectivity index (χ4v) is 1.94. The number of benzene rings is 1. The molecule has 0 amide bonds. The number of hydrazone groups is 1. The molecule has 0 aliphatic carbocycles. The summed E-state index contributed by atoms with van der Waals surface area (Å²) < 4.78 is 1.72. The van der Waals surface area contributed by atoms with E-state index < -0.39 is 0 Å². The Labute approximate surface area is 123 Å². The Morgan fingerprint density at radius 3 is 2.85 bits per heavy atom. The van der Waals surface area contributed by atoms with Crippen molar-refractivity contribution < 1.29 is 0 Å². The monoisotopic (exact) mass is 287 g/mol. The molecule has 20 heavy (non-hydrogen) atoms. The number of aryl methyl sites for hydroxylation is 3. The van der Waals surface area contributed by atoms with Crippen molar-refractivity contribution >= 4 is 29.2 Å². The molecule has 0 spiro atoms. The molecule has 2 N–H and O–H groups in total. The van der Waals surface area contributed by atoms with Gasteiger partial charge in [-0.2, -0.15) is 10.2 Å². The van der Waals surface area contributed by atoms with Crippen molar-refractivity contribution in [1.29, 1.82) is 0 Å². The van der Waals surface area contributed by atoms with Gasteiger partial charge in [0.1, 0.15) is 0 Å². The summed E-state index contributed by atoms with van der Waals surface area (Å²) in [6.07, 6.45) is 5.26. The largest absolute Gasteiger partial charge is 0.331 e. The van der Waals surface area contributed by atoms with E-state index in [1.165, 1.54) is 5.56 Å². The highest BCUT2D eigenvalue weighted by Crippen LogP contribution is 2.15. The molecule has 6 heteroatoms. The highest BCUT2D eigenvalue weighted by Gasteiger charge is 2.00. The summed E-state index contributed by atoms with van der Waals surface area (Å²) in [7, 11) is 1.86.